The van der Waals surface area contributed by atoms with E-state index in [1.54, 1.807) is 24.3 Å². The molecule has 20 heavy (non-hydrogen) atoms. The Hall–Kier alpha value is -2.49. The second kappa shape index (κ2) is 6.10. The maximum atomic E-state index is 12.3. The minimum absolute atomic E-state index is 0.193. The molecule has 0 fully saturated rings. The molecule has 104 valence electrons. The van der Waals surface area contributed by atoms with Gasteiger partial charge in [0.2, 0.25) is 0 Å². The summed E-state index contributed by atoms with van der Waals surface area (Å²) in [6.07, 6.45) is 0. The van der Waals surface area contributed by atoms with Crippen LogP contribution in [0.1, 0.15) is 22.8 Å². The minimum Gasteiger partial charge on any atom is -0.493 e. The first kappa shape index (κ1) is 13.9. The van der Waals surface area contributed by atoms with Gasteiger partial charge in [-0.25, -0.2) is 0 Å². The molecule has 2 aromatic carbocycles. The van der Waals surface area contributed by atoms with E-state index < -0.39 is 0 Å². The smallest absolute Gasteiger partial charge is 0.259 e. The van der Waals surface area contributed by atoms with Gasteiger partial charge in [0.05, 0.1) is 12.2 Å². The average Bonchev–Trinajstić information content (AvgIpc) is 2.43. The Labute approximate surface area is 118 Å². The predicted molar refractivity (Wildman–Crippen MR) is 81.2 cm³/mol. The third-order valence-corrected chi connectivity index (χ3v) is 2.93. The number of carbonyl (C=O) groups excluding carboxylic acids is 1. The second-order valence-electron chi connectivity index (χ2n) is 4.46. The van der Waals surface area contributed by atoms with Gasteiger partial charge in [-0.2, -0.15) is 0 Å². The molecule has 0 aliphatic rings. The number of anilines is 2. The Balaban J connectivity index is 2.24. The van der Waals surface area contributed by atoms with Crippen LogP contribution in [-0.4, -0.2) is 12.5 Å². The largest absolute Gasteiger partial charge is 0.493 e. The van der Waals surface area contributed by atoms with Crippen LogP contribution in [0.3, 0.4) is 0 Å². The van der Waals surface area contributed by atoms with E-state index >= 15 is 0 Å². The molecule has 0 unspecified atom stereocenters. The van der Waals surface area contributed by atoms with E-state index in [1.807, 2.05) is 32.0 Å². The second-order valence-corrected chi connectivity index (χ2v) is 4.46. The summed E-state index contributed by atoms with van der Waals surface area (Å²) in [5.41, 5.74) is 8.56. The van der Waals surface area contributed by atoms with Crippen LogP contribution in [0.4, 0.5) is 11.4 Å². The molecule has 0 aliphatic heterocycles. The Morgan fingerprint density at radius 3 is 2.70 bits per heavy atom. The highest BCUT2D eigenvalue weighted by Gasteiger charge is 2.12. The minimum atomic E-state index is -0.193. The lowest BCUT2D eigenvalue weighted by Crippen LogP contribution is -2.14. The highest BCUT2D eigenvalue weighted by atomic mass is 16.5. The zero-order chi connectivity index (χ0) is 14.5. The van der Waals surface area contributed by atoms with Crippen molar-refractivity contribution >= 4 is 17.3 Å². The van der Waals surface area contributed by atoms with E-state index in [4.69, 9.17) is 10.5 Å². The van der Waals surface area contributed by atoms with Crippen molar-refractivity contribution < 1.29 is 9.53 Å². The van der Waals surface area contributed by atoms with Gasteiger partial charge in [-0.05, 0) is 49.7 Å². The number of nitrogens with one attached hydrogen (secondary N) is 1. The van der Waals surface area contributed by atoms with Crippen molar-refractivity contribution in [3.8, 4) is 5.75 Å². The number of nitrogen functional groups attached to an aromatic ring is 1. The quantitative estimate of drug-likeness (QED) is 0.838. The summed E-state index contributed by atoms with van der Waals surface area (Å²) >= 11 is 0. The number of benzene rings is 2. The zero-order valence-corrected chi connectivity index (χ0v) is 11.6. The van der Waals surface area contributed by atoms with Crippen LogP contribution in [0, 0.1) is 6.92 Å². The number of nitrogens with two attached hydrogens (primary N) is 1. The Morgan fingerprint density at radius 1 is 1.25 bits per heavy atom. The van der Waals surface area contributed by atoms with Crippen LogP contribution in [0.2, 0.25) is 0 Å². The molecule has 1 amide bonds. The van der Waals surface area contributed by atoms with E-state index in [2.05, 4.69) is 5.32 Å². The summed E-state index contributed by atoms with van der Waals surface area (Å²) in [6, 6.07) is 12.6. The van der Waals surface area contributed by atoms with Crippen molar-refractivity contribution in [2.75, 3.05) is 17.7 Å². The number of hydrogen-bond donors (Lipinski definition) is 2. The van der Waals surface area contributed by atoms with Crippen molar-refractivity contribution in [3.63, 3.8) is 0 Å². The Bertz CT molecular complexity index is 624. The molecule has 2 aromatic rings. The summed E-state index contributed by atoms with van der Waals surface area (Å²) in [5.74, 6) is 0.391. The number of rotatable bonds is 4. The molecule has 0 spiro atoms. The molecule has 2 rings (SSSR count). The number of hydrogen-bond acceptors (Lipinski definition) is 3. The molecule has 0 radical (unpaired) electrons. The SMILES string of the molecule is CCOc1ccccc1C(=O)Nc1ccc(N)cc1C. The molecule has 0 aromatic heterocycles. The third kappa shape index (κ3) is 3.09. The lowest BCUT2D eigenvalue weighted by atomic mass is 10.1. The number of ether oxygens (including phenoxy) is 1. The zero-order valence-electron chi connectivity index (χ0n) is 11.6. The van der Waals surface area contributed by atoms with Crippen molar-refractivity contribution in [2.24, 2.45) is 0 Å². The van der Waals surface area contributed by atoms with Gasteiger partial charge >= 0.3 is 0 Å². The molecule has 0 heterocycles. The fraction of sp³-hybridized carbons (Fsp3) is 0.188. The van der Waals surface area contributed by atoms with E-state index in [-0.39, 0.29) is 5.91 Å². The number of amides is 1. The van der Waals surface area contributed by atoms with Gasteiger partial charge in [-0.1, -0.05) is 12.1 Å². The first-order valence-electron chi connectivity index (χ1n) is 6.51. The number of para-hydroxylation sites is 1. The summed E-state index contributed by atoms with van der Waals surface area (Å²) in [4.78, 5) is 12.3. The molecule has 0 bridgehead atoms. The highest BCUT2D eigenvalue weighted by molar-refractivity contribution is 6.06. The molecule has 0 saturated carbocycles. The normalized spacial score (nSPS) is 10.1. The fourth-order valence-corrected chi connectivity index (χ4v) is 1.95. The summed E-state index contributed by atoms with van der Waals surface area (Å²) < 4.78 is 5.46. The van der Waals surface area contributed by atoms with E-state index in [0.29, 0.717) is 23.6 Å². The van der Waals surface area contributed by atoms with Gasteiger partial charge in [0.1, 0.15) is 5.75 Å². The average molecular weight is 270 g/mol. The molecular formula is C16H18N2O2. The summed E-state index contributed by atoms with van der Waals surface area (Å²) in [6.45, 7) is 4.31. The predicted octanol–water partition coefficient (Wildman–Crippen LogP) is 3.23. The van der Waals surface area contributed by atoms with E-state index in [9.17, 15) is 4.79 Å². The monoisotopic (exact) mass is 270 g/mol. The molecule has 4 nitrogen and oxygen atoms in total. The highest BCUT2D eigenvalue weighted by Crippen LogP contribution is 2.22. The number of carbonyl (C=O) groups is 1. The molecule has 0 aliphatic carbocycles. The standard InChI is InChI=1S/C16H18N2O2/c1-3-20-15-7-5-4-6-13(15)16(19)18-14-9-8-12(17)10-11(14)2/h4-10H,3,17H2,1-2H3,(H,18,19). The first-order valence-corrected chi connectivity index (χ1v) is 6.51. The van der Waals surface area contributed by atoms with Gasteiger partial charge in [0.15, 0.2) is 0 Å². The van der Waals surface area contributed by atoms with Crippen molar-refractivity contribution in [1.82, 2.24) is 0 Å². The van der Waals surface area contributed by atoms with Crippen LogP contribution in [0.25, 0.3) is 0 Å². The first-order chi connectivity index (χ1) is 9.61. The summed E-state index contributed by atoms with van der Waals surface area (Å²) in [5, 5.41) is 2.88. The van der Waals surface area contributed by atoms with E-state index in [0.717, 1.165) is 11.3 Å². The van der Waals surface area contributed by atoms with Gasteiger partial charge in [-0.3, -0.25) is 4.79 Å². The molecule has 0 atom stereocenters. The van der Waals surface area contributed by atoms with Gasteiger partial charge in [0, 0.05) is 11.4 Å². The molecular weight excluding hydrogens is 252 g/mol. The van der Waals surface area contributed by atoms with Crippen LogP contribution in [-0.2, 0) is 0 Å². The van der Waals surface area contributed by atoms with Gasteiger partial charge < -0.3 is 15.8 Å². The van der Waals surface area contributed by atoms with Crippen LogP contribution in [0.5, 0.6) is 5.75 Å². The Kier molecular flexibility index (Phi) is 4.25. The van der Waals surface area contributed by atoms with Gasteiger partial charge in [0.25, 0.3) is 5.91 Å². The fourth-order valence-electron chi connectivity index (χ4n) is 1.95. The topological polar surface area (TPSA) is 64.3 Å². The summed E-state index contributed by atoms with van der Waals surface area (Å²) in [7, 11) is 0. The maximum absolute atomic E-state index is 12.3. The van der Waals surface area contributed by atoms with Crippen LogP contribution >= 0.6 is 0 Å². The third-order valence-electron chi connectivity index (χ3n) is 2.93. The van der Waals surface area contributed by atoms with Crippen molar-refractivity contribution in [1.29, 1.82) is 0 Å². The molecule has 3 N–H and O–H groups in total. The van der Waals surface area contributed by atoms with Gasteiger partial charge in [-0.15, -0.1) is 0 Å². The number of aryl methyl sites for hydroxylation is 1. The van der Waals surface area contributed by atoms with Crippen LogP contribution in [0.15, 0.2) is 42.5 Å². The molecule has 4 heteroatoms. The maximum Gasteiger partial charge on any atom is 0.259 e. The van der Waals surface area contributed by atoms with Crippen molar-refractivity contribution in [3.05, 3.63) is 53.6 Å². The molecule has 0 saturated heterocycles. The lowest BCUT2D eigenvalue weighted by Gasteiger charge is -2.12. The lowest BCUT2D eigenvalue weighted by molar-refractivity contribution is 0.102. The van der Waals surface area contributed by atoms with E-state index in [1.165, 1.54) is 0 Å². The van der Waals surface area contributed by atoms with Crippen molar-refractivity contribution in [2.45, 2.75) is 13.8 Å². The van der Waals surface area contributed by atoms with Crippen LogP contribution < -0.4 is 15.8 Å². The Morgan fingerprint density at radius 2 is 2.00 bits per heavy atom.